The molecule has 0 aliphatic carbocycles. The molecular formula is C38H53N3O3. The zero-order valence-electron chi connectivity index (χ0n) is 28.0. The Morgan fingerprint density at radius 2 is 1.68 bits per heavy atom. The van der Waals surface area contributed by atoms with Crippen molar-refractivity contribution in [3.8, 4) is 22.6 Å². The average molecular weight is 600 g/mol. The number of rotatable bonds is 9. The first-order valence-corrected chi connectivity index (χ1v) is 16.0. The Morgan fingerprint density at radius 1 is 0.977 bits per heavy atom. The summed E-state index contributed by atoms with van der Waals surface area (Å²) in [6, 6.07) is 24.2. The third kappa shape index (κ3) is 10.7. The maximum absolute atomic E-state index is 13.2. The number of fused-ring (bicyclic) bond motifs is 1. The lowest BCUT2D eigenvalue weighted by atomic mass is 10.0. The second-order valence-corrected chi connectivity index (χ2v) is 10.2. The lowest BCUT2D eigenvalue weighted by molar-refractivity contribution is 0.0937. The van der Waals surface area contributed by atoms with E-state index in [0.717, 1.165) is 42.1 Å². The van der Waals surface area contributed by atoms with Crippen LogP contribution in [0.1, 0.15) is 57.8 Å². The molecule has 2 aliphatic rings. The molecule has 0 bridgehead atoms. The molecule has 6 heteroatoms. The second-order valence-electron chi connectivity index (χ2n) is 10.2. The number of ether oxygens (including phenoxy) is 2. The van der Waals surface area contributed by atoms with E-state index in [1.54, 1.807) is 11.0 Å². The zero-order valence-corrected chi connectivity index (χ0v) is 28.0. The monoisotopic (exact) mass is 599 g/mol. The number of hydrogen-bond acceptors (Lipinski definition) is 5. The number of carbonyl (C=O) groups excluding carboxylic acids is 1. The van der Waals surface area contributed by atoms with Crippen LogP contribution in [0.5, 0.6) is 11.5 Å². The van der Waals surface area contributed by atoms with Crippen molar-refractivity contribution in [3.05, 3.63) is 103 Å². The molecule has 0 spiro atoms. The van der Waals surface area contributed by atoms with Gasteiger partial charge >= 0.3 is 0 Å². The minimum Gasteiger partial charge on any atom is -0.494 e. The molecule has 0 saturated carbocycles. The smallest absolute Gasteiger partial charge is 0.264 e. The molecule has 6 nitrogen and oxygen atoms in total. The Bertz CT molecular complexity index is 1270. The van der Waals surface area contributed by atoms with E-state index >= 15 is 0 Å². The largest absolute Gasteiger partial charge is 0.494 e. The number of allylic oxidation sites excluding steroid dienone is 3. The molecule has 0 radical (unpaired) electrons. The van der Waals surface area contributed by atoms with Crippen molar-refractivity contribution in [1.82, 2.24) is 9.80 Å². The topological polar surface area (TPSA) is 45.2 Å². The van der Waals surface area contributed by atoms with Crippen molar-refractivity contribution in [3.63, 3.8) is 0 Å². The standard InChI is InChI=1S/C29H33N3O3.C5H8.2C2H6/c1-30(2)25-15-17-31(20-25)16-6-18-34-26-12-10-24(11-13-26)32-21-35-28-19-23(9-14-27(28)29(32)33)22-7-4-3-5-8-22;1-3-5-4-2;2*1-2/h3-5,7-14,19,25H,6,15-18,20-21H2,1-2H3;3-5H,1H2,2H3;2*1-2H3/b;5-4-;;. The minimum atomic E-state index is -0.0545. The molecule has 1 atom stereocenters. The van der Waals surface area contributed by atoms with Gasteiger partial charge in [-0.1, -0.05) is 88.9 Å². The Balaban J connectivity index is 0.000000673. The zero-order chi connectivity index (χ0) is 32.3. The van der Waals surface area contributed by atoms with Crippen molar-refractivity contribution in [2.75, 3.05) is 52.0 Å². The number of likely N-dealkylation sites (tertiary alicyclic amines) is 1. The van der Waals surface area contributed by atoms with E-state index in [2.05, 4.69) is 42.6 Å². The number of amides is 1. The summed E-state index contributed by atoms with van der Waals surface area (Å²) in [4.78, 5) is 19.6. The van der Waals surface area contributed by atoms with Gasteiger partial charge in [0.05, 0.1) is 12.2 Å². The fourth-order valence-electron chi connectivity index (χ4n) is 4.93. The van der Waals surface area contributed by atoms with Gasteiger partial charge < -0.3 is 19.3 Å². The minimum absolute atomic E-state index is 0.0545. The molecule has 0 aromatic heterocycles. The van der Waals surface area contributed by atoms with Crippen molar-refractivity contribution in [1.29, 1.82) is 0 Å². The molecular weight excluding hydrogens is 546 g/mol. The van der Waals surface area contributed by atoms with Crippen LogP contribution in [0.15, 0.2) is 97.6 Å². The summed E-state index contributed by atoms with van der Waals surface area (Å²) >= 11 is 0. The van der Waals surface area contributed by atoms with Crippen LogP contribution in [0.4, 0.5) is 5.69 Å². The maximum atomic E-state index is 13.2. The molecule has 1 amide bonds. The molecule has 0 N–H and O–H groups in total. The van der Waals surface area contributed by atoms with E-state index in [-0.39, 0.29) is 12.6 Å². The van der Waals surface area contributed by atoms with E-state index in [0.29, 0.717) is 24.0 Å². The van der Waals surface area contributed by atoms with Crippen molar-refractivity contribution >= 4 is 11.6 Å². The van der Waals surface area contributed by atoms with Crippen molar-refractivity contribution < 1.29 is 14.3 Å². The molecule has 5 rings (SSSR count). The van der Waals surface area contributed by atoms with Gasteiger partial charge in [0.25, 0.3) is 5.91 Å². The fraction of sp³-hybridized carbons (Fsp3) is 0.395. The first-order valence-electron chi connectivity index (χ1n) is 16.0. The lowest BCUT2D eigenvalue weighted by Gasteiger charge is -2.29. The van der Waals surface area contributed by atoms with Crippen LogP contribution in [0.25, 0.3) is 11.1 Å². The molecule has 238 valence electrons. The highest BCUT2D eigenvalue weighted by Gasteiger charge is 2.27. The summed E-state index contributed by atoms with van der Waals surface area (Å²) < 4.78 is 11.9. The van der Waals surface area contributed by atoms with Gasteiger partial charge in [-0.25, -0.2) is 0 Å². The third-order valence-corrected chi connectivity index (χ3v) is 7.26. The van der Waals surface area contributed by atoms with Crippen LogP contribution >= 0.6 is 0 Å². The van der Waals surface area contributed by atoms with Crippen LogP contribution in [0.2, 0.25) is 0 Å². The van der Waals surface area contributed by atoms with Gasteiger partial charge in [-0.3, -0.25) is 9.69 Å². The predicted octanol–water partition coefficient (Wildman–Crippen LogP) is 8.56. The normalized spacial score (nSPS) is 15.6. The number of benzene rings is 3. The summed E-state index contributed by atoms with van der Waals surface area (Å²) in [7, 11) is 4.32. The highest BCUT2D eigenvalue weighted by atomic mass is 16.5. The second kappa shape index (κ2) is 20.2. The van der Waals surface area contributed by atoms with Gasteiger partial charge in [0.2, 0.25) is 0 Å². The Hall–Kier alpha value is -3.87. The van der Waals surface area contributed by atoms with Gasteiger partial charge in [0.15, 0.2) is 6.73 Å². The Labute approximate surface area is 266 Å². The van der Waals surface area contributed by atoms with E-state index < -0.39 is 0 Å². The highest BCUT2D eigenvalue weighted by Crippen LogP contribution is 2.33. The number of carbonyl (C=O) groups is 1. The third-order valence-electron chi connectivity index (χ3n) is 7.26. The molecule has 2 aliphatic heterocycles. The van der Waals surface area contributed by atoms with Gasteiger partial charge in [0.1, 0.15) is 11.5 Å². The van der Waals surface area contributed by atoms with Crippen LogP contribution in [-0.2, 0) is 0 Å². The number of likely N-dealkylation sites (N-methyl/N-ethyl adjacent to an activating group) is 1. The molecule has 44 heavy (non-hydrogen) atoms. The van der Waals surface area contributed by atoms with Gasteiger partial charge in [-0.2, -0.15) is 0 Å². The fourth-order valence-corrected chi connectivity index (χ4v) is 4.93. The van der Waals surface area contributed by atoms with E-state index in [1.165, 1.54) is 13.0 Å². The van der Waals surface area contributed by atoms with Crippen LogP contribution < -0.4 is 14.4 Å². The first kappa shape index (κ1) is 36.3. The average Bonchev–Trinajstić information content (AvgIpc) is 3.56. The Morgan fingerprint density at radius 3 is 2.27 bits per heavy atom. The quantitative estimate of drug-likeness (QED) is 0.182. The summed E-state index contributed by atoms with van der Waals surface area (Å²) in [6.45, 7) is 17.7. The summed E-state index contributed by atoms with van der Waals surface area (Å²) in [5, 5.41) is 0. The van der Waals surface area contributed by atoms with Gasteiger partial charge in [-0.05, 0) is 87.9 Å². The maximum Gasteiger partial charge on any atom is 0.264 e. The number of nitrogens with zero attached hydrogens (tertiary/aromatic N) is 3. The van der Waals surface area contributed by atoms with Gasteiger partial charge in [0, 0.05) is 24.8 Å². The van der Waals surface area contributed by atoms with E-state index in [9.17, 15) is 4.79 Å². The molecule has 1 unspecified atom stereocenters. The van der Waals surface area contributed by atoms with Crippen LogP contribution in [0, 0.1) is 0 Å². The number of hydrogen-bond donors (Lipinski definition) is 0. The highest BCUT2D eigenvalue weighted by molar-refractivity contribution is 6.09. The SMILES string of the molecule is C=C/C=C\C.CC.CC.CN(C)C1CCN(CCCOc2ccc(N3COc4cc(-c5ccccc5)ccc4C3=O)cc2)C1. The van der Waals surface area contributed by atoms with Crippen LogP contribution in [0.3, 0.4) is 0 Å². The van der Waals surface area contributed by atoms with E-state index in [4.69, 9.17) is 9.47 Å². The van der Waals surface area contributed by atoms with E-state index in [1.807, 2.05) is 107 Å². The molecule has 2 heterocycles. The first-order chi connectivity index (χ1) is 21.5. The summed E-state index contributed by atoms with van der Waals surface area (Å²) in [5.41, 5.74) is 3.51. The molecule has 1 fully saturated rings. The summed E-state index contributed by atoms with van der Waals surface area (Å²) in [5.74, 6) is 1.39. The molecule has 1 saturated heterocycles. The lowest BCUT2D eigenvalue weighted by Crippen LogP contribution is -2.38. The van der Waals surface area contributed by atoms with Crippen molar-refractivity contribution in [2.45, 2.75) is 53.5 Å². The molecule has 3 aromatic rings. The number of anilines is 1. The van der Waals surface area contributed by atoms with Crippen molar-refractivity contribution in [2.24, 2.45) is 0 Å². The molecule has 3 aromatic carbocycles. The van der Waals surface area contributed by atoms with Crippen LogP contribution in [-0.4, -0.2) is 68.8 Å². The predicted molar refractivity (Wildman–Crippen MR) is 187 cm³/mol. The summed E-state index contributed by atoms with van der Waals surface area (Å²) in [6.07, 6.45) is 7.82. The van der Waals surface area contributed by atoms with Gasteiger partial charge in [-0.15, -0.1) is 0 Å². The Kier molecular flexibility index (Phi) is 16.6.